The number of hydrogen-bond donors (Lipinski definition) is 3. The molecule has 0 aliphatic rings. The fraction of sp³-hybridized carbons (Fsp3) is 0.500. The third-order valence-electron chi connectivity index (χ3n) is 1.80. The molecule has 1 aromatic rings. The smallest absolute Gasteiger partial charge is 0.328 e. The van der Waals surface area contributed by atoms with Gasteiger partial charge in [-0.1, -0.05) is 13.3 Å². The Morgan fingerprint density at radius 3 is 2.54 bits per heavy atom. The van der Waals surface area contributed by atoms with Gasteiger partial charge < -0.3 is 5.11 Å². The fourth-order valence-electron chi connectivity index (χ4n) is 1.09. The average molecular weight is 184 g/mol. The molecule has 72 valence electrons. The Kier molecular flexibility index (Phi) is 2.89. The summed E-state index contributed by atoms with van der Waals surface area (Å²) in [6.07, 6.45) is 2.22. The number of hydrogen-bond acceptors (Lipinski definition) is 3. The van der Waals surface area contributed by atoms with Gasteiger partial charge in [-0.2, -0.15) is 0 Å². The first-order valence-electron chi connectivity index (χ1n) is 4.19. The van der Waals surface area contributed by atoms with Crippen LogP contribution in [-0.2, 0) is 6.42 Å². The van der Waals surface area contributed by atoms with Gasteiger partial charge in [-0.05, 0) is 12.8 Å². The van der Waals surface area contributed by atoms with Crippen LogP contribution in [0, 0.1) is 0 Å². The van der Waals surface area contributed by atoms with Gasteiger partial charge in [-0.15, -0.1) is 0 Å². The molecule has 1 heterocycles. The first-order chi connectivity index (χ1) is 6.15. The molecule has 0 unspecified atom stereocenters. The summed E-state index contributed by atoms with van der Waals surface area (Å²) in [6.45, 7) is 1.98. The molecule has 5 heteroatoms. The third kappa shape index (κ3) is 2.21. The molecule has 0 saturated heterocycles. The van der Waals surface area contributed by atoms with Crippen molar-refractivity contribution in [2.24, 2.45) is 0 Å². The Hall–Kier alpha value is -1.52. The fourth-order valence-corrected chi connectivity index (χ4v) is 1.09. The van der Waals surface area contributed by atoms with Crippen LogP contribution in [0.25, 0.3) is 0 Å². The number of unbranched alkanes of at least 4 members (excludes halogenated alkanes) is 1. The molecule has 0 aliphatic heterocycles. The number of nitrogens with one attached hydrogen (secondary N) is 2. The maximum Gasteiger partial charge on any atom is 0.328 e. The molecule has 0 saturated carbocycles. The zero-order valence-electron chi connectivity index (χ0n) is 7.39. The van der Waals surface area contributed by atoms with E-state index in [2.05, 4.69) is 9.97 Å². The van der Waals surface area contributed by atoms with Crippen LogP contribution in [0.4, 0.5) is 0 Å². The van der Waals surface area contributed by atoms with E-state index in [-0.39, 0.29) is 11.4 Å². The largest absolute Gasteiger partial charge is 0.494 e. The summed E-state index contributed by atoms with van der Waals surface area (Å²) in [5.41, 5.74) is -0.932. The van der Waals surface area contributed by atoms with Crippen LogP contribution < -0.4 is 11.2 Å². The van der Waals surface area contributed by atoms with Gasteiger partial charge in [0.25, 0.3) is 5.56 Å². The molecule has 3 N–H and O–H groups in total. The summed E-state index contributed by atoms with van der Waals surface area (Å²) >= 11 is 0. The molecule has 0 aliphatic carbocycles. The SMILES string of the molecule is CCCCc1c(O)[nH]c(=O)[nH]c1=O. The zero-order chi connectivity index (χ0) is 9.84. The molecule has 5 nitrogen and oxygen atoms in total. The van der Waals surface area contributed by atoms with E-state index in [0.29, 0.717) is 6.42 Å². The molecule has 0 aromatic carbocycles. The van der Waals surface area contributed by atoms with Gasteiger partial charge in [0.15, 0.2) is 0 Å². The predicted octanol–water partition coefficient (Wildman–Crippen LogP) is 0.111. The molecule has 0 radical (unpaired) electrons. The minimum Gasteiger partial charge on any atom is -0.494 e. The molecule has 13 heavy (non-hydrogen) atoms. The van der Waals surface area contributed by atoms with Crippen LogP contribution in [-0.4, -0.2) is 15.1 Å². The second kappa shape index (κ2) is 3.93. The van der Waals surface area contributed by atoms with Gasteiger partial charge in [0.05, 0.1) is 5.56 Å². The summed E-state index contributed by atoms with van der Waals surface area (Å²) in [5.74, 6) is -0.317. The standard InChI is InChI=1S/C8H12N2O3/c1-2-3-4-5-6(11)9-8(13)10-7(5)12/h2-4H2,1H3,(H3,9,10,11,12,13). The van der Waals surface area contributed by atoms with E-state index in [9.17, 15) is 14.7 Å². The highest BCUT2D eigenvalue weighted by Crippen LogP contribution is 2.08. The first-order valence-corrected chi connectivity index (χ1v) is 4.19. The van der Waals surface area contributed by atoms with Crippen molar-refractivity contribution in [1.82, 2.24) is 9.97 Å². The van der Waals surface area contributed by atoms with Crippen LogP contribution >= 0.6 is 0 Å². The van der Waals surface area contributed by atoms with Gasteiger partial charge in [-0.25, -0.2) is 4.79 Å². The van der Waals surface area contributed by atoms with E-state index in [4.69, 9.17) is 0 Å². The number of aromatic nitrogens is 2. The molecule has 1 rings (SSSR count). The quantitative estimate of drug-likeness (QED) is 0.623. The van der Waals surface area contributed by atoms with Crippen molar-refractivity contribution in [3.8, 4) is 5.88 Å². The van der Waals surface area contributed by atoms with E-state index in [1.807, 2.05) is 6.92 Å². The number of aromatic amines is 2. The maximum atomic E-state index is 11.1. The van der Waals surface area contributed by atoms with Crippen LogP contribution in [0.5, 0.6) is 5.88 Å². The molecule has 1 aromatic heterocycles. The summed E-state index contributed by atoms with van der Waals surface area (Å²) in [7, 11) is 0. The van der Waals surface area contributed by atoms with Gasteiger partial charge in [0.1, 0.15) is 0 Å². The first kappa shape index (κ1) is 9.57. The summed E-state index contributed by atoms with van der Waals surface area (Å²) in [5, 5.41) is 9.22. The highest BCUT2D eigenvalue weighted by molar-refractivity contribution is 5.20. The van der Waals surface area contributed by atoms with Crippen LogP contribution in [0.2, 0.25) is 0 Å². The predicted molar refractivity (Wildman–Crippen MR) is 48.0 cm³/mol. The normalized spacial score (nSPS) is 10.2. The van der Waals surface area contributed by atoms with Gasteiger partial charge >= 0.3 is 5.69 Å². The van der Waals surface area contributed by atoms with Crippen molar-refractivity contribution >= 4 is 0 Å². The Bertz CT molecular complexity index is 391. The monoisotopic (exact) mass is 184 g/mol. The van der Waals surface area contributed by atoms with Crippen LogP contribution in [0.15, 0.2) is 9.59 Å². The Balaban J connectivity index is 3.07. The second-order valence-electron chi connectivity index (χ2n) is 2.84. The van der Waals surface area contributed by atoms with E-state index < -0.39 is 11.2 Å². The van der Waals surface area contributed by atoms with Crippen molar-refractivity contribution in [3.63, 3.8) is 0 Å². The van der Waals surface area contributed by atoms with Crippen molar-refractivity contribution in [1.29, 1.82) is 0 Å². The molecular weight excluding hydrogens is 172 g/mol. The van der Waals surface area contributed by atoms with Crippen molar-refractivity contribution in [2.45, 2.75) is 26.2 Å². The van der Waals surface area contributed by atoms with Crippen molar-refractivity contribution < 1.29 is 5.11 Å². The summed E-state index contributed by atoms with van der Waals surface area (Å²) < 4.78 is 0. The third-order valence-corrected chi connectivity index (χ3v) is 1.80. The lowest BCUT2D eigenvalue weighted by Gasteiger charge is -2.00. The number of aromatic hydroxyl groups is 1. The van der Waals surface area contributed by atoms with Crippen molar-refractivity contribution in [2.75, 3.05) is 0 Å². The summed E-state index contributed by atoms with van der Waals surface area (Å²) in [4.78, 5) is 26.0. The van der Waals surface area contributed by atoms with Crippen LogP contribution in [0.3, 0.4) is 0 Å². The second-order valence-corrected chi connectivity index (χ2v) is 2.84. The molecule has 0 spiro atoms. The van der Waals surface area contributed by atoms with Gasteiger partial charge in [-0.3, -0.25) is 14.8 Å². The molecule has 0 fully saturated rings. The lowest BCUT2D eigenvalue weighted by Crippen LogP contribution is -2.25. The van der Waals surface area contributed by atoms with Crippen LogP contribution in [0.1, 0.15) is 25.3 Å². The Morgan fingerprint density at radius 1 is 1.31 bits per heavy atom. The molecule has 0 bridgehead atoms. The Labute approximate surface area is 74.4 Å². The minimum atomic E-state index is -0.678. The maximum absolute atomic E-state index is 11.1. The van der Waals surface area contributed by atoms with E-state index >= 15 is 0 Å². The molecule has 0 amide bonds. The van der Waals surface area contributed by atoms with E-state index in [1.165, 1.54) is 0 Å². The highest BCUT2D eigenvalue weighted by atomic mass is 16.3. The summed E-state index contributed by atoms with van der Waals surface area (Å²) in [6, 6.07) is 0. The Morgan fingerprint density at radius 2 is 2.00 bits per heavy atom. The van der Waals surface area contributed by atoms with E-state index in [1.54, 1.807) is 0 Å². The lowest BCUT2D eigenvalue weighted by molar-refractivity contribution is 0.439. The molecule has 0 atom stereocenters. The topological polar surface area (TPSA) is 85.9 Å². The van der Waals surface area contributed by atoms with E-state index in [0.717, 1.165) is 12.8 Å². The van der Waals surface area contributed by atoms with Gasteiger partial charge in [0, 0.05) is 0 Å². The van der Waals surface area contributed by atoms with Gasteiger partial charge in [0.2, 0.25) is 5.88 Å². The number of rotatable bonds is 3. The number of H-pyrrole nitrogens is 2. The van der Waals surface area contributed by atoms with Crippen molar-refractivity contribution in [3.05, 3.63) is 26.4 Å². The average Bonchev–Trinajstić information content (AvgIpc) is 2.02. The highest BCUT2D eigenvalue weighted by Gasteiger charge is 2.06. The zero-order valence-corrected chi connectivity index (χ0v) is 7.39. The molecular formula is C8H12N2O3. The minimum absolute atomic E-state index is 0.251. The lowest BCUT2D eigenvalue weighted by atomic mass is 10.1.